The zero-order valence-electron chi connectivity index (χ0n) is 20.7. The van der Waals surface area contributed by atoms with Gasteiger partial charge in [-0.25, -0.2) is 18.4 Å². The van der Waals surface area contributed by atoms with Gasteiger partial charge in [0, 0.05) is 31.3 Å². The third kappa shape index (κ3) is 5.81. The lowest BCUT2D eigenvalue weighted by Crippen LogP contribution is -2.23. The van der Waals surface area contributed by atoms with E-state index in [9.17, 15) is 26.4 Å². The quantitative estimate of drug-likeness (QED) is 0.281. The lowest BCUT2D eigenvalue weighted by Gasteiger charge is -2.15. The smallest absolute Gasteiger partial charge is 0.416 e. The average molecular weight is 567 g/mol. The molecule has 3 aromatic carbocycles. The highest BCUT2D eigenvalue weighted by Gasteiger charge is 2.34. The molecule has 0 aliphatic carbocycles. The number of halogens is 3. The highest BCUT2D eigenvalue weighted by Crippen LogP contribution is 2.37. The van der Waals surface area contributed by atoms with Crippen LogP contribution in [0.25, 0.3) is 5.78 Å². The first-order chi connectivity index (χ1) is 19.1. The van der Waals surface area contributed by atoms with E-state index in [1.54, 1.807) is 53.3 Å². The van der Waals surface area contributed by atoms with Crippen molar-refractivity contribution in [3.8, 4) is 5.75 Å². The van der Waals surface area contributed by atoms with Crippen molar-refractivity contribution in [2.75, 3.05) is 0 Å². The van der Waals surface area contributed by atoms with Crippen molar-refractivity contribution < 1.29 is 31.1 Å². The number of hydrogen-bond acceptors (Lipinski definition) is 6. The summed E-state index contributed by atoms with van der Waals surface area (Å²) in [6.45, 7) is 0.0484. The number of benzene rings is 3. The van der Waals surface area contributed by atoms with Gasteiger partial charge in [0.1, 0.15) is 17.3 Å². The first-order valence-electron chi connectivity index (χ1n) is 11.9. The summed E-state index contributed by atoms with van der Waals surface area (Å²) in [4.78, 5) is 19.8. The Bertz CT molecular complexity index is 1770. The molecular formula is C28H21F3N4O4S. The largest absolute Gasteiger partial charge is 0.488 e. The molecule has 2 aromatic heterocycles. The molecule has 0 aliphatic rings. The molecule has 0 fully saturated rings. The van der Waals surface area contributed by atoms with Gasteiger partial charge in [-0.2, -0.15) is 13.2 Å². The summed E-state index contributed by atoms with van der Waals surface area (Å²) in [5.74, 6) is -0.150. The van der Waals surface area contributed by atoms with Gasteiger partial charge in [0.05, 0.1) is 16.0 Å². The number of ether oxygens (including phenoxy) is 1. The molecule has 0 saturated carbocycles. The standard InChI is InChI=1S/C28H21F3N4O4S/c29-28(30,31)22-8-11-24(39-18-20-4-2-1-3-5-20)25(14-22)40(37,38)23-9-6-19(7-10-23)15-33-26(36)21-16-34-27-32-12-13-35(27)17-21/h1-14,16-17H,15,18H2,(H,33,36). The number of nitrogens with one attached hydrogen (secondary N) is 1. The molecule has 0 atom stereocenters. The molecule has 5 aromatic rings. The molecule has 0 radical (unpaired) electrons. The van der Waals surface area contributed by atoms with Crippen LogP contribution in [0.3, 0.4) is 0 Å². The molecule has 2 heterocycles. The second kappa shape index (κ2) is 10.8. The van der Waals surface area contributed by atoms with Gasteiger partial charge in [-0.1, -0.05) is 42.5 Å². The van der Waals surface area contributed by atoms with Crippen LogP contribution in [-0.2, 0) is 29.2 Å². The Balaban J connectivity index is 1.35. The van der Waals surface area contributed by atoms with Crippen molar-refractivity contribution >= 4 is 21.5 Å². The number of amides is 1. The van der Waals surface area contributed by atoms with E-state index in [2.05, 4.69) is 15.3 Å². The minimum Gasteiger partial charge on any atom is -0.488 e. The molecular weight excluding hydrogens is 545 g/mol. The minimum absolute atomic E-state index is 0.0311. The fourth-order valence-electron chi connectivity index (χ4n) is 3.88. The maximum atomic E-state index is 13.5. The second-order valence-corrected chi connectivity index (χ2v) is 10.7. The fourth-order valence-corrected chi connectivity index (χ4v) is 5.30. The number of imidazole rings is 1. The van der Waals surface area contributed by atoms with Crippen LogP contribution in [0.15, 0.2) is 107 Å². The van der Waals surface area contributed by atoms with Crippen molar-refractivity contribution in [1.82, 2.24) is 19.7 Å². The van der Waals surface area contributed by atoms with E-state index in [0.29, 0.717) is 23.0 Å². The lowest BCUT2D eigenvalue weighted by molar-refractivity contribution is -0.137. The molecule has 0 bridgehead atoms. The van der Waals surface area contributed by atoms with Crippen LogP contribution in [0, 0.1) is 0 Å². The van der Waals surface area contributed by atoms with Crippen molar-refractivity contribution in [3.63, 3.8) is 0 Å². The van der Waals surface area contributed by atoms with E-state index in [-0.39, 0.29) is 23.8 Å². The summed E-state index contributed by atoms with van der Waals surface area (Å²) >= 11 is 0. The number of nitrogens with zero attached hydrogens (tertiary/aromatic N) is 3. The first kappa shape index (κ1) is 26.9. The van der Waals surface area contributed by atoms with E-state index < -0.39 is 32.4 Å². The van der Waals surface area contributed by atoms with E-state index in [1.165, 1.54) is 30.5 Å². The van der Waals surface area contributed by atoms with Crippen LogP contribution in [0.5, 0.6) is 5.75 Å². The number of aromatic nitrogens is 3. The summed E-state index contributed by atoms with van der Waals surface area (Å²) in [6.07, 6.45) is 1.42. The molecule has 0 saturated heterocycles. The van der Waals surface area contributed by atoms with Gasteiger partial charge >= 0.3 is 6.18 Å². The van der Waals surface area contributed by atoms with Crippen molar-refractivity contribution in [3.05, 3.63) is 120 Å². The van der Waals surface area contributed by atoms with E-state index >= 15 is 0 Å². The van der Waals surface area contributed by atoms with Crippen molar-refractivity contribution in [2.24, 2.45) is 0 Å². The van der Waals surface area contributed by atoms with Gasteiger partial charge in [-0.05, 0) is 41.5 Å². The Kier molecular flexibility index (Phi) is 7.26. The number of fused-ring (bicyclic) bond motifs is 1. The Morgan fingerprint density at radius 3 is 2.42 bits per heavy atom. The Morgan fingerprint density at radius 1 is 0.950 bits per heavy atom. The minimum atomic E-state index is -4.75. The van der Waals surface area contributed by atoms with E-state index in [0.717, 1.165) is 17.7 Å². The molecule has 0 unspecified atom stereocenters. The molecule has 5 rings (SSSR count). The monoisotopic (exact) mass is 566 g/mol. The van der Waals surface area contributed by atoms with Gasteiger partial charge < -0.3 is 10.1 Å². The number of carbonyl (C=O) groups is 1. The molecule has 204 valence electrons. The maximum Gasteiger partial charge on any atom is 0.416 e. The summed E-state index contributed by atoms with van der Waals surface area (Å²) in [5.41, 5.74) is 0.490. The van der Waals surface area contributed by atoms with Crippen LogP contribution in [-0.4, -0.2) is 28.7 Å². The van der Waals surface area contributed by atoms with Gasteiger partial charge in [0.15, 0.2) is 0 Å². The Morgan fingerprint density at radius 2 is 1.70 bits per heavy atom. The molecule has 0 aliphatic heterocycles. The summed E-state index contributed by atoms with van der Waals surface area (Å²) < 4.78 is 74.5. The summed E-state index contributed by atoms with van der Waals surface area (Å²) in [6, 6.07) is 16.7. The lowest BCUT2D eigenvalue weighted by atomic mass is 10.2. The van der Waals surface area contributed by atoms with Gasteiger partial charge in [0.25, 0.3) is 5.91 Å². The third-order valence-corrected chi connectivity index (χ3v) is 7.78. The van der Waals surface area contributed by atoms with Crippen LogP contribution < -0.4 is 10.1 Å². The van der Waals surface area contributed by atoms with Crippen LogP contribution in [0.4, 0.5) is 13.2 Å². The predicted octanol–water partition coefficient (Wildman–Crippen LogP) is 5.09. The Labute approximate surface area is 227 Å². The number of hydrogen-bond donors (Lipinski definition) is 1. The molecule has 8 nitrogen and oxygen atoms in total. The highest BCUT2D eigenvalue weighted by atomic mass is 32.2. The van der Waals surface area contributed by atoms with E-state index in [1.807, 2.05) is 0 Å². The fraction of sp³-hybridized carbons (Fsp3) is 0.107. The summed E-state index contributed by atoms with van der Waals surface area (Å²) in [5, 5.41) is 2.72. The number of alkyl halides is 3. The highest BCUT2D eigenvalue weighted by molar-refractivity contribution is 7.91. The average Bonchev–Trinajstić information content (AvgIpc) is 3.43. The number of carbonyl (C=O) groups excluding carboxylic acids is 1. The van der Waals surface area contributed by atoms with Gasteiger partial charge in [0.2, 0.25) is 15.6 Å². The normalized spacial score (nSPS) is 11.9. The summed E-state index contributed by atoms with van der Waals surface area (Å²) in [7, 11) is -4.39. The third-order valence-electron chi connectivity index (χ3n) is 5.99. The molecule has 40 heavy (non-hydrogen) atoms. The van der Waals surface area contributed by atoms with Crippen molar-refractivity contribution in [2.45, 2.75) is 29.1 Å². The maximum absolute atomic E-state index is 13.5. The Hall–Kier alpha value is -4.71. The second-order valence-electron chi connectivity index (χ2n) is 8.74. The van der Waals surface area contributed by atoms with Crippen molar-refractivity contribution in [1.29, 1.82) is 0 Å². The van der Waals surface area contributed by atoms with Gasteiger partial charge in [-0.15, -0.1) is 0 Å². The van der Waals surface area contributed by atoms with Gasteiger partial charge in [-0.3, -0.25) is 9.20 Å². The van der Waals surface area contributed by atoms with Crippen LogP contribution in [0.1, 0.15) is 27.0 Å². The SMILES string of the molecule is O=C(NCc1ccc(S(=O)(=O)c2cc(C(F)(F)F)ccc2OCc2ccccc2)cc1)c1cnc2nccn2c1. The molecule has 1 amide bonds. The first-order valence-corrected chi connectivity index (χ1v) is 13.4. The topological polar surface area (TPSA) is 103 Å². The molecule has 1 N–H and O–H groups in total. The predicted molar refractivity (Wildman–Crippen MR) is 138 cm³/mol. The zero-order chi connectivity index (χ0) is 28.3. The van der Waals surface area contributed by atoms with Crippen LogP contribution in [0.2, 0.25) is 0 Å². The molecule has 12 heteroatoms. The molecule has 0 spiro atoms. The van der Waals surface area contributed by atoms with E-state index in [4.69, 9.17) is 4.74 Å². The zero-order valence-corrected chi connectivity index (χ0v) is 21.5. The van der Waals surface area contributed by atoms with Crippen LogP contribution >= 0.6 is 0 Å². The number of sulfone groups is 1. The number of rotatable bonds is 8.